The van der Waals surface area contributed by atoms with E-state index in [9.17, 15) is 24.3 Å². The lowest BCUT2D eigenvalue weighted by Gasteiger charge is -2.53. The van der Waals surface area contributed by atoms with Gasteiger partial charge in [-0.1, -0.05) is 55.8 Å². The van der Waals surface area contributed by atoms with Crippen LogP contribution in [0.15, 0.2) is 65.8 Å². The van der Waals surface area contributed by atoms with E-state index in [4.69, 9.17) is 23.7 Å². The number of rotatable bonds is 12. The molecule has 2 aromatic carbocycles. The SMILES string of the molecule is CC(C)(C)OC(=O)CCC(CO)NC(=O)c1cccc(CNC(=O)C2=CC3OCOC3C(OC(=O)c3ccccc3C=C3CCC4OC4(C)CCC4C3CC4(C)C)C2)c1. The molecule has 7 rings (SSSR count). The van der Waals surface area contributed by atoms with Crippen molar-refractivity contribution in [1.82, 2.24) is 10.6 Å². The van der Waals surface area contributed by atoms with Crippen molar-refractivity contribution in [2.45, 2.75) is 141 Å². The minimum Gasteiger partial charge on any atom is -0.460 e. The maximum atomic E-state index is 14.0. The van der Waals surface area contributed by atoms with Gasteiger partial charge in [0.15, 0.2) is 0 Å². The summed E-state index contributed by atoms with van der Waals surface area (Å²) in [5.41, 5.74) is 3.73. The van der Waals surface area contributed by atoms with Gasteiger partial charge in [-0.2, -0.15) is 0 Å². The molecule has 0 aromatic heterocycles. The largest absolute Gasteiger partial charge is 0.460 e. The number of hydrogen-bond donors (Lipinski definition) is 3. The van der Waals surface area contributed by atoms with E-state index in [1.54, 1.807) is 57.2 Å². The topological polar surface area (TPSA) is 162 Å². The molecule has 2 amide bonds. The van der Waals surface area contributed by atoms with E-state index in [0.29, 0.717) is 34.1 Å². The molecule has 12 heteroatoms. The van der Waals surface area contributed by atoms with E-state index in [1.165, 1.54) is 5.57 Å². The Morgan fingerprint density at radius 1 is 1.02 bits per heavy atom. The number of hydrogen-bond acceptors (Lipinski definition) is 10. The summed E-state index contributed by atoms with van der Waals surface area (Å²) in [6.45, 7) is 12.1. The predicted octanol–water partition coefficient (Wildman–Crippen LogP) is 6.59. The first-order chi connectivity index (χ1) is 28.0. The fourth-order valence-corrected chi connectivity index (χ4v) is 9.42. The van der Waals surface area contributed by atoms with Gasteiger partial charge in [-0.05, 0) is 119 Å². The molecule has 3 aliphatic carbocycles. The molecular weight excluding hydrogens is 753 g/mol. The molecule has 318 valence electrons. The number of amides is 2. The second kappa shape index (κ2) is 17.3. The van der Waals surface area contributed by atoms with Crippen LogP contribution in [-0.2, 0) is 39.8 Å². The number of allylic oxidation sites excluding steroid dienone is 1. The van der Waals surface area contributed by atoms with Crippen molar-refractivity contribution in [1.29, 1.82) is 0 Å². The molecule has 2 aromatic rings. The number of nitrogens with one attached hydrogen (secondary N) is 2. The van der Waals surface area contributed by atoms with Crippen LogP contribution in [0, 0.1) is 17.3 Å². The molecule has 2 saturated carbocycles. The summed E-state index contributed by atoms with van der Waals surface area (Å²) in [6, 6.07) is 13.7. The Morgan fingerprint density at radius 2 is 1.81 bits per heavy atom. The van der Waals surface area contributed by atoms with Gasteiger partial charge in [0.05, 0.1) is 29.9 Å². The Kier molecular flexibility index (Phi) is 12.5. The fraction of sp³-hybridized carbons (Fsp3) is 0.574. The lowest BCUT2D eigenvalue weighted by atomic mass is 9.52. The minimum absolute atomic E-state index is 0.0104. The zero-order valence-electron chi connectivity index (χ0n) is 35.2. The summed E-state index contributed by atoms with van der Waals surface area (Å²) < 4.78 is 29.4. The second-order valence-electron chi connectivity index (χ2n) is 18.8. The molecule has 59 heavy (non-hydrogen) atoms. The van der Waals surface area contributed by atoms with Crippen molar-refractivity contribution in [2.24, 2.45) is 17.3 Å². The van der Waals surface area contributed by atoms with E-state index in [1.807, 2.05) is 18.2 Å². The minimum atomic E-state index is -0.755. The molecule has 3 N–H and O–H groups in total. The molecular formula is C47H60N2O10. The maximum Gasteiger partial charge on any atom is 0.339 e. The predicted molar refractivity (Wildman–Crippen MR) is 220 cm³/mol. The number of benzene rings is 2. The van der Waals surface area contributed by atoms with Crippen molar-refractivity contribution in [3.05, 3.63) is 88.0 Å². The zero-order valence-corrected chi connectivity index (χ0v) is 35.2. The Hall–Kier alpha value is -4.36. The smallest absolute Gasteiger partial charge is 0.339 e. The number of aliphatic hydroxyl groups excluding tert-OH is 1. The van der Waals surface area contributed by atoms with Crippen LogP contribution in [0.4, 0.5) is 0 Å². The third kappa shape index (κ3) is 10.2. The van der Waals surface area contributed by atoms with Crippen molar-refractivity contribution in [3.8, 4) is 0 Å². The van der Waals surface area contributed by atoms with Gasteiger partial charge >= 0.3 is 11.9 Å². The van der Waals surface area contributed by atoms with E-state index in [-0.39, 0.29) is 62.2 Å². The van der Waals surface area contributed by atoms with E-state index in [2.05, 4.69) is 37.5 Å². The first kappa shape index (κ1) is 42.8. The van der Waals surface area contributed by atoms with Crippen LogP contribution in [0.3, 0.4) is 0 Å². The monoisotopic (exact) mass is 812 g/mol. The third-order valence-corrected chi connectivity index (χ3v) is 12.8. The highest BCUT2D eigenvalue weighted by molar-refractivity contribution is 5.96. The Morgan fingerprint density at radius 3 is 2.58 bits per heavy atom. The van der Waals surface area contributed by atoms with Gasteiger partial charge in [-0.15, -0.1) is 0 Å². The van der Waals surface area contributed by atoms with Gasteiger partial charge in [0.2, 0.25) is 5.91 Å². The first-order valence-corrected chi connectivity index (χ1v) is 21.1. The highest BCUT2D eigenvalue weighted by Crippen LogP contribution is 2.59. The van der Waals surface area contributed by atoms with Gasteiger partial charge < -0.3 is 39.4 Å². The number of carbonyl (C=O) groups is 4. The van der Waals surface area contributed by atoms with Crippen molar-refractivity contribution < 1.29 is 48.0 Å². The standard InChI is InChI=1S/C47H60N2O10/c1-45(2,3)59-40(51)17-15-33(26-50)49-43(53)31-12-9-10-28(20-31)25-48-42(52)32-22-37-41(56-27-55-37)38(23-32)57-44(54)34-13-8-7-11-29(34)21-30-14-16-39-47(6,58-39)19-18-36-35(30)24-46(36,4)5/h7-13,20-22,33,35-39,41,50H,14-19,23-27H2,1-6H3,(H,48,52)(H,49,53). The molecule has 4 fully saturated rings. The van der Waals surface area contributed by atoms with Gasteiger partial charge in [0, 0.05) is 30.5 Å². The maximum absolute atomic E-state index is 14.0. The van der Waals surface area contributed by atoms with Crippen LogP contribution in [0.2, 0.25) is 0 Å². The van der Waals surface area contributed by atoms with Gasteiger partial charge in [-0.3, -0.25) is 14.4 Å². The number of ether oxygens (including phenoxy) is 5. The number of esters is 2. The fourth-order valence-electron chi connectivity index (χ4n) is 9.42. The average molecular weight is 813 g/mol. The average Bonchev–Trinajstić information content (AvgIpc) is 3.56. The van der Waals surface area contributed by atoms with Crippen LogP contribution in [0.1, 0.15) is 125 Å². The Labute approximate surface area is 347 Å². The summed E-state index contributed by atoms with van der Waals surface area (Å²) >= 11 is 0. The highest BCUT2D eigenvalue weighted by Gasteiger charge is 2.56. The van der Waals surface area contributed by atoms with Crippen LogP contribution in [-0.4, -0.2) is 83.9 Å². The normalized spacial score (nSPS) is 29.4. The van der Waals surface area contributed by atoms with Gasteiger partial charge in [0.25, 0.3) is 5.91 Å². The summed E-state index contributed by atoms with van der Waals surface area (Å²) in [6.07, 6.45) is 8.01. The summed E-state index contributed by atoms with van der Waals surface area (Å²) in [5.74, 6) is -0.608. The highest BCUT2D eigenvalue weighted by atomic mass is 16.7. The number of carbonyl (C=O) groups excluding carboxylic acids is 4. The summed E-state index contributed by atoms with van der Waals surface area (Å²) in [5, 5.41) is 15.6. The van der Waals surface area contributed by atoms with E-state index in [0.717, 1.165) is 37.7 Å². The number of aliphatic hydroxyl groups is 1. The van der Waals surface area contributed by atoms with Crippen LogP contribution < -0.4 is 10.6 Å². The number of epoxide rings is 1. The van der Waals surface area contributed by atoms with Crippen LogP contribution >= 0.6 is 0 Å². The molecule has 12 nitrogen and oxygen atoms in total. The van der Waals surface area contributed by atoms with E-state index < -0.39 is 47.8 Å². The molecule has 8 atom stereocenters. The molecule has 2 heterocycles. The molecule has 8 unspecified atom stereocenters. The summed E-state index contributed by atoms with van der Waals surface area (Å²) in [7, 11) is 0. The first-order valence-electron chi connectivity index (χ1n) is 21.1. The Bertz CT molecular complexity index is 1980. The lowest BCUT2D eigenvalue weighted by molar-refractivity contribution is -0.155. The van der Waals surface area contributed by atoms with Crippen molar-refractivity contribution >= 4 is 29.8 Å². The quantitative estimate of drug-likeness (QED) is 0.158. The summed E-state index contributed by atoms with van der Waals surface area (Å²) in [4.78, 5) is 52.9. The number of fused-ring (bicyclic) bond motifs is 3. The Balaban J connectivity index is 0.976. The van der Waals surface area contributed by atoms with Crippen LogP contribution in [0.5, 0.6) is 0 Å². The van der Waals surface area contributed by atoms with E-state index >= 15 is 0 Å². The molecule has 5 aliphatic rings. The molecule has 2 aliphatic heterocycles. The van der Waals surface area contributed by atoms with Crippen molar-refractivity contribution in [3.63, 3.8) is 0 Å². The van der Waals surface area contributed by atoms with Gasteiger partial charge in [-0.25, -0.2) is 4.79 Å². The molecule has 0 radical (unpaired) electrons. The van der Waals surface area contributed by atoms with Gasteiger partial charge in [0.1, 0.15) is 30.7 Å². The second-order valence-corrected chi connectivity index (χ2v) is 18.8. The van der Waals surface area contributed by atoms with Crippen LogP contribution in [0.25, 0.3) is 6.08 Å². The zero-order chi connectivity index (χ0) is 42.1. The lowest BCUT2D eigenvalue weighted by Crippen LogP contribution is -2.45. The molecule has 0 spiro atoms. The molecule has 2 saturated heterocycles. The third-order valence-electron chi connectivity index (χ3n) is 12.8. The molecule has 0 bridgehead atoms. The van der Waals surface area contributed by atoms with Crippen molar-refractivity contribution in [2.75, 3.05) is 13.4 Å².